The Balaban J connectivity index is 3.24. The third-order valence-corrected chi connectivity index (χ3v) is 2.10. The Morgan fingerprint density at radius 2 is 2.11 bits per heavy atom. The summed E-state index contributed by atoms with van der Waals surface area (Å²) in [5.41, 5.74) is -0.526. The van der Waals surface area contributed by atoms with Crippen molar-refractivity contribution < 1.29 is 32.2 Å². The minimum atomic E-state index is -5.07. The monoisotopic (exact) mass is 287 g/mol. The van der Waals surface area contributed by atoms with Gasteiger partial charge in [0, 0.05) is 5.56 Å². The minimum absolute atomic E-state index is 0.218. The first-order valence-electron chi connectivity index (χ1n) is 4.44. The lowest BCUT2D eigenvalue weighted by Gasteiger charge is -2.13. The molecule has 1 aromatic heterocycles. The van der Waals surface area contributed by atoms with Crippen LogP contribution in [-0.4, -0.2) is 22.4 Å². The van der Waals surface area contributed by atoms with Crippen molar-refractivity contribution >= 4 is 17.6 Å². The first-order chi connectivity index (χ1) is 8.23. The van der Waals surface area contributed by atoms with Crippen LogP contribution in [0, 0.1) is 5.95 Å². The zero-order chi connectivity index (χ0) is 13.9. The molecule has 0 aliphatic carbocycles. The summed E-state index contributed by atoms with van der Waals surface area (Å²) in [6.45, 7) is 0. The number of hydrogen-bond donors (Lipinski definition) is 1. The molecule has 0 aliphatic heterocycles. The lowest BCUT2D eigenvalue weighted by molar-refractivity contribution is -0.276. The van der Waals surface area contributed by atoms with Crippen molar-refractivity contribution in [3.63, 3.8) is 0 Å². The predicted octanol–water partition coefficient (Wildman–Crippen LogP) is 2.49. The highest BCUT2D eigenvalue weighted by atomic mass is 35.5. The number of pyridine rings is 1. The Labute approximate surface area is 103 Å². The Morgan fingerprint density at radius 1 is 1.50 bits per heavy atom. The van der Waals surface area contributed by atoms with Crippen LogP contribution in [-0.2, 0) is 17.1 Å². The number of aliphatic carboxylic acids is 1. The van der Waals surface area contributed by atoms with Crippen LogP contribution < -0.4 is 4.74 Å². The number of aromatic nitrogens is 1. The SMILES string of the molecule is O=C(O)Cc1cc(F)nc(OC(F)(F)F)c1CCl. The molecule has 9 heteroatoms. The van der Waals surface area contributed by atoms with Crippen LogP contribution in [0.2, 0.25) is 0 Å². The molecule has 0 saturated heterocycles. The maximum absolute atomic E-state index is 13.0. The molecule has 0 aromatic carbocycles. The number of alkyl halides is 4. The fraction of sp³-hybridized carbons (Fsp3) is 0.333. The molecule has 1 heterocycles. The van der Waals surface area contributed by atoms with Gasteiger partial charge in [-0.2, -0.15) is 9.37 Å². The molecule has 0 saturated carbocycles. The Kier molecular flexibility index (Phi) is 4.33. The van der Waals surface area contributed by atoms with Crippen LogP contribution >= 0.6 is 11.6 Å². The molecule has 4 nitrogen and oxygen atoms in total. The summed E-state index contributed by atoms with van der Waals surface area (Å²) in [6, 6.07) is 0.703. The summed E-state index contributed by atoms with van der Waals surface area (Å²) >= 11 is 5.40. The van der Waals surface area contributed by atoms with Crippen molar-refractivity contribution in [2.75, 3.05) is 0 Å². The molecular weight excluding hydrogens is 282 g/mol. The minimum Gasteiger partial charge on any atom is -0.481 e. The second-order valence-corrected chi connectivity index (χ2v) is 3.41. The average Bonchev–Trinajstić information content (AvgIpc) is 2.13. The van der Waals surface area contributed by atoms with Gasteiger partial charge in [0.2, 0.25) is 11.8 Å². The molecular formula is C9H6ClF4NO3. The number of hydrogen-bond acceptors (Lipinski definition) is 3. The van der Waals surface area contributed by atoms with E-state index in [1.165, 1.54) is 0 Å². The van der Waals surface area contributed by atoms with Gasteiger partial charge in [0.1, 0.15) is 0 Å². The largest absolute Gasteiger partial charge is 0.574 e. The molecule has 18 heavy (non-hydrogen) atoms. The van der Waals surface area contributed by atoms with Gasteiger partial charge in [0.05, 0.1) is 12.3 Å². The molecule has 1 N–H and O–H groups in total. The van der Waals surface area contributed by atoms with E-state index in [0.29, 0.717) is 6.07 Å². The van der Waals surface area contributed by atoms with E-state index in [2.05, 4.69) is 9.72 Å². The first kappa shape index (κ1) is 14.5. The molecule has 0 unspecified atom stereocenters. The highest BCUT2D eigenvalue weighted by Gasteiger charge is 2.33. The second kappa shape index (κ2) is 5.38. The van der Waals surface area contributed by atoms with E-state index in [-0.39, 0.29) is 11.1 Å². The third-order valence-electron chi connectivity index (χ3n) is 1.84. The fourth-order valence-electron chi connectivity index (χ4n) is 1.22. The number of carboxylic acid groups (broad SMARTS) is 1. The van der Waals surface area contributed by atoms with Crippen LogP contribution in [0.1, 0.15) is 11.1 Å². The van der Waals surface area contributed by atoms with Crippen molar-refractivity contribution in [1.82, 2.24) is 4.98 Å². The predicted molar refractivity (Wildman–Crippen MR) is 51.8 cm³/mol. The standard InChI is InChI=1S/C9H6ClF4NO3/c10-3-5-4(2-7(16)17)1-6(11)15-8(5)18-9(12,13)14/h1H,2-3H2,(H,16,17). The third kappa shape index (κ3) is 4.02. The van der Waals surface area contributed by atoms with E-state index < -0.39 is 36.5 Å². The number of nitrogens with zero attached hydrogens (tertiary/aromatic N) is 1. The summed E-state index contributed by atoms with van der Waals surface area (Å²) in [6.07, 6.45) is -5.75. The zero-order valence-electron chi connectivity index (χ0n) is 8.59. The molecule has 1 aromatic rings. The topological polar surface area (TPSA) is 59.4 Å². The van der Waals surface area contributed by atoms with Gasteiger partial charge in [0.25, 0.3) is 0 Å². The maximum Gasteiger partial charge on any atom is 0.574 e. The van der Waals surface area contributed by atoms with E-state index in [4.69, 9.17) is 16.7 Å². The number of ether oxygens (including phenoxy) is 1. The summed E-state index contributed by atoms with van der Waals surface area (Å²) in [5, 5.41) is 8.55. The van der Waals surface area contributed by atoms with E-state index in [1.807, 2.05) is 0 Å². The maximum atomic E-state index is 13.0. The summed E-state index contributed by atoms with van der Waals surface area (Å²) in [4.78, 5) is 13.4. The second-order valence-electron chi connectivity index (χ2n) is 3.14. The summed E-state index contributed by atoms with van der Waals surface area (Å²) < 4.78 is 52.6. The number of halogens is 5. The summed E-state index contributed by atoms with van der Waals surface area (Å²) in [7, 11) is 0. The van der Waals surface area contributed by atoms with Crippen LogP contribution in [0.25, 0.3) is 0 Å². The lowest BCUT2D eigenvalue weighted by Crippen LogP contribution is -2.20. The van der Waals surface area contributed by atoms with Crippen molar-refractivity contribution in [3.05, 3.63) is 23.1 Å². The molecule has 0 fully saturated rings. The Morgan fingerprint density at radius 3 is 2.56 bits per heavy atom. The van der Waals surface area contributed by atoms with Crippen molar-refractivity contribution in [1.29, 1.82) is 0 Å². The van der Waals surface area contributed by atoms with Gasteiger partial charge >= 0.3 is 12.3 Å². The smallest absolute Gasteiger partial charge is 0.481 e. The van der Waals surface area contributed by atoms with Crippen LogP contribution in [0.3, 0.4) is 0 Å². The highest BCUT2D eigenvalue weighted by Crippen LogP contribution is 2.28. The number of rotatable bonds is 4. The van der Waals surface area contributed by atoms with Gasteiger partial charge in [-0.3, -0.25) is 4.79 Å². The van der Waals surface area contributed by atoms with Gasteiger partial charge in [-0.1, -0.05) is 0 Å². The molecule has 1 rings (SSSR count). The van der Waals surface area contributed by atoms with Gasteiger partial charge in [-0.15, -0.1) is 24.8 Å². The molecule has 0 bridgehead atoms. The lowest BCUT2D eigenvalue weighted by atomic mass is 10.1. The molecule has 100 valence electrons. The first-order valence-corrected chi connectivity index (χ1v) is 4.98. The van der Waals surface area contributed by atoms with Gasteiger partial charge in [-0.25, -0.2) is 0 Å². The van der Waals surface area contributed by atoms with Crippen LogP contribution in [0.4, 0.5) is 17.6 Å². The van der Waals surface area contributed by atoms with Crippen LogP contribution in [0.5, 0.6) is 5.88 Å². The van der Waals surface area contributed by atoms with E-state index in [0.717, 1.165) is 0 Å². The van der Waals surface area contributed by atoms with Gasteiger partial charge in [-0.05, 0) is 11.6 Å². The number of carbonyl (C=O) groups is 1. The number of carboxylic acids is 1. The summed E-state index contributed by atoms with van der Waals surface area (Å²) in [5.74, 6) is -4.18. The van der Waals surface area contributed by atoms with Gasteiger partial charge in [0.15, 0.2) is 0 Å². The van der Waals surface area contributed by atoms with E-state index in [1.54, 1.807) is 0 Å². The van der Waals surface area contributed by atoms with Crippen LogP contribution in [0.15, 0.2) is 6.07 Å². The molecule has 0 atom stereocenters. The normalized spacial score (nSPS) is 11.4. The van der Waals surface area contributed by atoms with E-state index in [9.17, 15) is 22.4 Å². The van der Waals surface area contributed by atoms with Crippen molar-refractivity contribution in [2.24, 2.45) is 0 Å². The Bertz CT molecular complexity index is 464. The Hall–Kier alpha value is -1.57. The molecule has 0 aliphatic rings. The fourth-order valence-corrected chi connectivity index (χ4v) is 1.51. The average molecular weight is 288 g/mol. The van der Waals surface area contributed by atoms with Crippen molar-refractivity contribution in [3.8, 4) is 5.88 Å². The molecule has 0 amide bonds. The highest BCUT2D eigenvalue weighted by molar-refractivity contribution is 6.17. The molecule has 0 spiro atoms. The van der Waals surface area contributed by atoms with E-state index >= 15 is 0 Å². The molecule has 0 radical (unpaired) electrons. The quantitative estimate of drug-likeness (QED) is 0.525. The van der Waals surface area contributed by atoms with Gasteiger partial charge < -0.3 is 9.84 Å². The van der Waals surface area contributed by atoms with Crippen molar-refractivity contribution in [2.45, 2.75) is 18.7 Å². The zero-order valence-corrected chi connectivity index (χ0v) is 9.35.